The summed E-state index contributed by atoms with van der Waals surface area (Å²) in [6.45, 7) is 12.6. The molecule has 0 aromatic carbocycles. The standard InChI is InChI=1S/C30H57N3O/c1-4-6-7-8-9-10-11-12-13-14-15-16-17-18-19-20-21-22-23-24-30-32-26-28-33(30,5-2)27-25-31-29(3)34/h4H,1,5-28H2,2-3H3/p+1. The first-order valence-electron chi connectivity index (χ1n) is 14.9. The van der Waals surface area contributed by atoms with E-state index in [1.807, 2.05) is 6.08 Å². The number of carbonyl (C=O) groups is 1. The van der Waals surface area contributed by atoms with Crippen molar-refractivity contribution in [1.82, 2.24) is 5.32 Å². The van der Waals surface area contributed by atoms with E-state index in [0.717, 1.165) is 43.6 Å². The van der Waals surface area contributed by atoms with E-state index in [2.05, 4.69) is 18.8 Å². The summed E-state index contributed by atoms with van der Waals surface area (Å²) in [4.78, 5) is 16.1. The first kappa shape index (κ1) is 30.9. The van der Waals surface area contributed by atoms with Crippen LogP contribution in [0.4, 0.5) is 0 Å². The number of likely N-dealkylation sites (N-methyl/N-ethyl adjacent to an activating group) is 1. The van der Waals surface area contributed by atoms with Gasteiger partial charge in [0.05, 0.1) is 19.6 Å². The van der Waals surface area contributed by atoms with Gasteiger partial charge in [-0.2, -0.15) is 0 Å². The van der Waals surface area contributed by atoms with Gasteiger partial charge in [-0.15, -0.1) is 6.58 Å². The van der Waals surface area contributed by atoms with Crippen molar-refractivity contribution in [3.8, 4) is 0 Å². The molecular formula is C30H58N3O+. The minimum Gasteiger partial charge on any atom is -0.351 e. The Labute approximate surface area is 212 Å². The van der Waals surface area contributed by atoms with E-state index in [9.17, 15) is 4.79 Å². The molecule has 1 aliphatic rings. The highest BCUT2D eigenvalue weighted by Crippen LogP contribution is 2.20. The van der Waals surface area contributed by atoms with Gasteiger partial charge in [-0.25, -0.2) is 4.99 Å². The Kier molecular flexibility index (Phi) is 19.2. The van der Waals surface area contributed by atoms with Crippen LogP contribution in [-0.4, -0.2) is 48.9 Å². The van der Waals surface area contributed by atoms with Crippen LogP contribution in [0.25, 0.3) is 0 Å². The van der Waals surface area contributed by atoms with E-state index in [1.54, 1.807) is 6.92 Å². The quantitative estimate of drug-likeness (QED) is 0.0856. The van der Waals surface area contributed by atoms with Crippen molar-refractivity contribution in [2.24, 2.45) is 4.99 Å². The van der Waals surface area contributed by atoms with Crippen LogP contribution < -0.4 is 5.32 Å². The maximum absolute atomic E-state index is 11.2. The minimum atomic E-state index is 0.0726. The predicted octanol–water partition coefficient (Wildman–Crippen LogP) is 7.97. The lowest BCUT2D eigenvalue weighted by Crippen LogP contribution is -2.54. The minimum absolute atomic E-state index is 0.0726. The highest BCUT2D eigenvalue weighted by Gasteiger charge is 2.35. The zero-order chi connectivity index (χ0) is 24.7. The molecule has 1 N–H and O–H groups in total. The fourth-order valence-corrected chi connectivity index (χ4v) is 5.37. The van der Waals surface area contributed by atoms with Gasteiger partial charge in [0.25, 0.3) is 0 Å². The Balaban J connectivity index is 1.88. The molecule has 4 nitrogen and oxygen atoms in total. The summed E-state index contributed by atoms with van der Waals surface area (Å²) in [5, 5.41) is 2.97. The van der Waals surface area contributed by atoms with E-state index in [-0.39, 0.29) is 5.91 Å². The van der Waals surface area contributed by atoms with E-state index in [1.165, 1.54) is 121 Å². The number of hydrogen-bond acceptors (Lipinski definition) is 2. The molecule has 1 atom stereocenters. The lowest BCUT2D eigenvalue weighted by molar-refractivity contribution is -0.833. The third kappa shape index (κ3) is 15.0. The van der Waals surface area contributed by atoms with Crippen LogP contribution in [0.3, 0.4) is 0 Å². The van der Waals surface area contributed by atoms with E-state index in [4.69, 9.17) is 4.99 Å². The Bertz CT molecular complexity index is 545. The molecule has 0 aromatic rings. The molecule has 1 unspecified atom stereocenters. The van der Waals surface area contributed by atoms with Crippen molar-refractivity contribution >= 4 is 11.7 Å². The number of hydrogen-bond donors (Lipinski definition) is 1. The molecule has 0 fully saturated rings. The molecule has 1 amide bonds. The topological polar surface area (TPSA) is 41.5 Å². The van der Waals surface area contributed by atoms with Gasteiger partial charge in [0, 0.05) is 13.3 Å². The summed E-state index contributed by atoms with van der Waals surface area (Å²) in [5.74, 6) is 1.46. The second kappa shape index (κ2) is 21.1. The number of carbonyl (C=O) groups excluding carboxylic acids is 1. The molecule has 4 heteroatoms. The first-order valence-corrected chi connectivity index (χ1v) is 14.9. The third-order valence-corrected chi connectivity index (χ3v) is 7.70. The van der Waals surface area contributed by atoms with Crippen molar-refractivity contribution in [1.29, 1.82) is 0 Å². The first-order chi connectivity index (χ1) is 16.6. The molecule has 1 aliphatic heterocycles. The molecule has 0 bridgehead atoms. The van der Waals surface area contributed by atoms with Crippen LogP contribution in [0, 0.1) is 0 Å². The van der Waals surface area contributed by atoms with Gasteiger partial charge in [-0.05, 0) is 26.2 Å². The van der Waals surface area contributed by atoms with E-state index in [0.29, 0.717) is 0 Å². The molecular weight excluding hydrogens is 418 g/mol. The molecule has 34 heavy (non-hydrogen) atoms. The summed E-state index contributed by atoms with van der Waals surface area (Å²) in [5.41, 5.74) is 0. The normalized spacial score (nSPS) is 17.6. The zero-order valence-electron chi connectivity index (χ0n) is 23.1. The number of amidine groups is 1. The largest absolute Gasteiger partial charge is 0.351 e. The van der Waals surface area contributed by atoms with Crippen molar-refractivity contribution in [3.63, 3.8) is 0 Å². The maximum Gasteiger partial charge on any atom is 0.217 e. The predicted molar refractivity (Wildman–Crippen MR) is 149 cm³/mol. The Morgan fingerprint density at radius 3 is 1.76 bits per heavy atom. The zero-order valence-corrected chi connectivity index (χ0v) is 23.1. The fraction of sp³-hybridized carbons (Fsp3) is 0.867. The molecule has 0 spiro atoms. The number of aliphatic imine (C=N–C) groups is 1. The summed E-state index contributed by atoms with van der Waals surface area (Å²) in [7, 11) is 0. The molecule has 0 saturated carbocycles. The Hall–Kier alpha value is -1.16. The van der Waals surface area contributed by atoms with Crippen molar-refractivity contribution in [2.45, 2.75) is 136 Å². The van der Waals surface area contributed by atoms with Crippen molar-refractivity contribution < 1.29 is 9.28 Å². The average Bonchev–Trinajstić information content (AvgIpc) is 3.23. The maximum atomic E-state index is 11.2. The number of unbranched alkanes of at least 4 members (excludes halogenated alkanes) is 17. The van der Waals surface area contributed by atoms with E-state index < -0.39 is 0 Å². The van der Waals surface area contributed by atoms with E-state index >= 15 is 0 Å². The fourth-order valence-electron chi connectivity index (χ4n) is 5.37. The Morgan fingerprint density at radius 2 is 1.32 bits per heavy atom. The molecule has 0 saturated heterocycles. The second-order valence-electron chi connectivity index (χ2n) is 10.5. The number of nitrogens with zero attached hydrogens (tertiary/aromatic N) is 2. The lowest BCUT2D eigenvalue weighted by atomic mass is 10.0. The van der Waals surface area contributed by atoms with Crippen LogP contribution in [0.15, 0.2) is 17.6 Å². The average molecular weight is 477 g/mol. The van der Waals surface area contributed by atoms with Gasteiger partial charge < -0.3 is 5.32 Å². The number of amides is 1. The number of allylic oxidation sites excluding steroid dienone is 1. The van der Waals surface area contributed by atoms with Gasteiger partial charge >= 0.3 is 0 Å². The van der Waals surface area contributed by atoms with Crippen LogP contribution >= 0.6 is 0 Å². The van der Waals surface area contributed by atoms with Crippen LogP contribution in [0.1, 0.15) is 136 Å². The summed E-state index contributed by atoms with van der Waals surface area (Å²) >= 11 is 0. The van der Waals surface area contributed by atoms with Gasteiger partial charge in [-0.3, -0.25) is 9.28 Å². The second-order valence-corrected chi connectivity index (χ2v) is 10.5. The van der Waals surface area contributed by atoms with Crippen LogP contribution in [-0.2, 0) is 4.79 Å². The molecule has 198 valence electrons. The van der Waals surface area contributed by atoms with Gasteiger partial charge in [0.2, 0.25) is 5.91 Å². The van der Waals surface area contributed by atoms with Gasteiger partial charge in [0.15, 0.2) is 5.84 Å². The number of rotatable bonds is 24. The number of nitrogens with one attached hydrogen (secondary N) is 1. The van der Waals surface area contributed by atoms with Gasteiger partial charge in [0.1, 0.15) is 13.1 Å². The molecule has 1 rings (SSSR count). The molecule has 0 aromatic heterocycles. The van der Waals surface area contributed by atoms with Gasteiger partial charge in [-0.1, -0.05) is 102 Å². The summed E-state index contributed by atoms with van der Waals surface area (Å²) in [6, 6.07) is 0. The summed E-state index contributed by atoms with van der Waals surface area (Å²) < 4.78 is 0.996. The van der Waals surface area contributed by atoms with Crippen molar-refractivity contribution in [3.05, 3.63) is 12.7 Å². The molecule has 1 heterocycles. The Morgan fingerprint density at radius 1 is 0.853 bits per heavy atom. The summed E-state index contributed by atoms with van der Waals surface area (Å²) in [6.07, 6.45) is 28.3. The smallest absolute Gasteiger partial charge is 0.217 e. The van der Waals surface area contributed by atoms with Crippen LogP contribution in [0.2, 0.25) is 0 Å². The highest BCUT2D eigenvalue weighted by atomic mass is 16.1. The van der Waals surface area contributed by atoms with Crippen molar-refractivity contribution in [2.75, 3.05) is 32.7 Å². The lowest BCUT2D eigenvalue weighted by Gasteiger charge is -2.33. The third-order valence-electron chi connectivity index (χ3n) is 7.70. The number of quaternary nitrogens is 1. The van der Waals surface area contributed by atoms with Crippen LogP contribution in [0.5, 0.6) is 0 Å². The SMILES string of the molecule is C=CCCCCCCCCCCCCCCCCCCCC1=NCC[N+]1(CC)CCNC(C)=O. The molecule has 0 aliphatic carbocycles. The monoisotopic (exact) mass is 476 g/mol. The highest BCUT2D eigenvalue weighted by molar-refractivity contribution is 5.77. The molecule has 0 radical (unpaired) electrons.